The summed E-state index contributed by atoms with van der Waals surface area (Å²) in [6.45, 7) is 4.96. The summed E-state index contributed by atoms with van der Waals surface area (Å²) in [7, 11) is 5.99. The molecule has 9 nitrogen and oxygen atoms in total. The monoisotopic (exact) mass is 1110 g/mol. The number of aliphatic carboxylic acids is 1. The van der Waals surface area contributed by atoms with E-state index in [9.17, 15) is 19.5 Å². The Morgan fingerprint density at radius 3 is 0.949 bits per heavy atom. The number of nitrogens with zero attached hydrogens (tertiary/aromatic N) is 1. The Kier molecular flexibility index (Phi) is 59.6. The number of allylic oxidation sites excluding steroid dienone is 2. The van der Waals surface area contributed by atoms with Gasteiger partial charge in [-0.3, -0.25) is 9.59 Å². The first-order chi connectivity index (χ1) is 38.1. The SMILES string of the molecule is CCCCCCCCCC/C=C\CCCCCCCCCCCCCCCCCCCCCCCC(=O)OC(COC(=O)CCCCCCCCCCCCCCCCCCCCCC)COC(OCC[N+](C)(C)C)C(=O)O. The van der Waals surface area contributed by atoms with Crippen LogP contribution in [0.4, 0.5) is 0 Å². The first-order valence-electron chi connectivity index (χ1n) is 34.4. The van der Waals surface area contributed by atoms with Gasteiger partial charge in [-0.25, -0.2) is 4.79 Å². The zero-order valence-corrected chi connectivity index (χ0v) is 52.9. The molecule has 0 saturated carbocycles. The number of likely N-dealkylation sites (N-methyl/N-ethyl adjacent to an activating group) is 1. The van der Waals surface area contributed by atoms with Crippen molar-refractivity contribution in [2.24, 2.45) is 0 Å². The minimum atomic E-state index is -1.51. The molecule has 462 valence electrons. The lowest BCUT2D eigenvalue weighted by atomic mass is 10.0. The summed E-state index contributed by atoms with van der Waals surface area (Å²) >= 11 is 0. The lowest BCUT2D eigenvalue weighted by molar-refractivity contribution is -0.870. The van der Waals surface area contributed by atoms with Gasteiger partial charge in [-0.1, -0.05) is 315 Å². The van der Waals surface area contributed by atoms with Gasteiger partial charge >= 0.3 is 17.9 Å². The van der Waals surface area contributed by atoms with E-state index in [0.717, 1.165) is 38.5 Å². The second-order valence-electron chi connectivity index (χ2n) is 24.8. The summed E-state index contributed by atoms with van der Waals surface area (Å²) in [6.07, 6.45) is 70.4. The standard InChI is InChI=1S/C69H133NO8/c1-6-8-10-12-14-16-18-20-22-24-26-28-29-30-31-32-33-34-35-36-37-38-39-40-42-44-46-48-50-52-54-56-58-60-67(72)78-65(64-77-69(68(73)74)75-62-61-70(3,4)5)63-76-66(71)59-57-55-53-51-49-47-45-43-41-27-25-23-21-19-17-15-13-11-9-7-2/h24,26,65,69H,6-23,25,27-64H2,1-5H3/p+1/b26-24-. The van der Waals surface area contributed by atoms with Crippen LogP contribution < -0.4 is 0 Å². The van der Waals surface area contributed by atoms with E-state index in [0.29, 0.717) is 17.4 Å². The molecule has 78 heavy (non-hydrogen) atoms. The van der Waals surface area contributed by atoms with Crippen LogP contribution in [0.15, 0.2) is 12.2 Å². The van der Waals surface area contributed by atoms with Crippen molar-refractivity contribution in [1.82, 2.24) is 0 Å². The highest BCUT2D eigenvalue weighted by Crippen LogP contribution is 2.19. The molecule has 0 heterocycles. The Morgan fingerprint density at radius 2 is 0.654 bits per heavy atom. The number of quaternary nitrogens is 1. The topological polar surface area (TPSA) is 108 Å². The maximum atomic E-state index is 12.9. The Labute approximate surface area is 485 Å². The molecule has 0 fully saturated rings. The highest BCUT2D eigenvalue weighted by molar-refractivity contribution is 5.71. The third kappa shape index (κ3) is 61.6. The number of rotatable bonds is 65. The van der Waals surface area contributed by atoms with Gasteiger partial charge in [0.1, 0.15) is 13.2 Å². The van der Waals surface area contributed by atoms with Crippen molar-refractivity contribution in [2.75, 3.05) is 47.5 Å². The van der Waals surface area contributed by atoms with E-state index in [1.807, 2.05) is 21.1 Å². The fourth-order valence-electron chi connectivity index (χ4n) is 10.5. The molecule has 0 aliphatic rings. The molecule has 0 saturated heterocycles. The minimum absolute atomic E-state index is 0.173. The van der Waals surface area contributed by atoms with Crippen LogP contribution in [0.2, 0.25) is 0 Å². The number of carbonyl (C=O) groups excluding carboxylic acids is 2. The van der Waals surface area contributed by atoms with Crippen LogP contribution in [-0.4, -0.2) is 87.4 Å². The molecule has 0 rings (SSSR count). The summed E-state index contributed by atoms with van der Waals surface area (Å²) in [4.78, 5) is 37.6. The number of esters is 2. The van der Waals surface area contributed by atoms with Crippen LogP contribution in [0.5, 0.6) is 0 Å². The van der Waals surface area contributed by atoms with E-state index in [1.165, 1.54) is 289 Å². The van der Waals surface area contributed by atoms with Gasteiger partial charge in [-0.05, 0) is 38.5 Å². The number of unbranched alkanes of at least 4 members (excludes halogenated alkanes) is 48. The van der Waals surface area contributed by atoms with E-state index in [2.05, 4.69) is 26.0 Å². The number of hydrogen-bond donors (Lipinski definition) is 1. The molecule has 0 amide bonds. The molecule has 2 atom stereocenters. The molecular weight excluding hydrogens is 971 g/mol. The number of carboxylic acid groups (broad SMARTS) is 1. The number of ether oxygens (including phenoxy) is 4. The molecule has 2 unspecified atom stereocenters. The van der Waals surface area contributed by atoms with Crippen molar-refractivity contribution in [3.8, 4) is 0 Å². The highest BCUT2D eigenvalue weighted by atomic mass is 16.7. The van der Waals surface area contributed by atoms with Crippen molar-refractivity contribution < 1.29 is 42.9 Å². The van der Waals surface area contributed by atoms with Crippen molar-refractivity contribution in [2.45, 2.75) is 367 Å². The number of hydrogen-bond acceptors (Lipinski definition) is 7. The summed E-state index contributed by atoms with van der Waals surface area (Å²) in [6, 6.07) is 0. The fourth-order valence-corrected chi connectivity index (χ4v) is 10.5. The average Bonchev–Trinajstić information content (AvgIpc) is 3.41. The molecule has 0 aromatic carbocycles. The molecule has 0 spiro atoms. The molecule has 0 aromatic heterocycles. The Balaban J connectivity index is 4.03. The zero-order chi connectivity index (χ0) is 56.9. The third-order valence-corrected chi connectivity index (χ3v) is 15.8. The molecule has 0 aliphatic carbocycles. The van der Waals surface area contributed by atoms with E-state index in [1.54, 1.807) is 0 Å². The summed E-state index contributed by atoms with van der Waals surface area (Å²) in [5.74, 6) is -1.97. The smallest absolute Gasteiger partial charge is 0.361 e. The molecule has 0 aliphatic heterocycles. The first-order valence-corrected chi connectivity index (χ1v) is 34.4. The lowest BCUT2D eigenvalue weighted by Gasteiger charge is -2.25. The van der Waals surface area contributed by atoms with Gasteiger partial charge in [0, 0.05) is 12.8 Å². The van der Waals surface area contributed by atoms with Gasteiger partial charge in [0.15, 0.2) is 6.10 Å². The Hall–Kier alpha value is -1.97. The normalized spacial score (nSPS) is 12.7. The maximum Gasteiger partial charge on any atom is 0.361 e. The summed E-state index contributed by atoms with van der Waals surface area (Å²) in [5.41, 5.74) is 0. The first kappa shape index (κ1) is 76.0. The average molecular weight is 1110 g/mol. The molecule has 9 heteroatoms. The zero-order valence-electron chi connectivity index (χ0n) is 52.9. The molecule has 1 N–H and O–H groups in total. The van der Waals surface area contributed by atoms with Crippen LogP contribution >= 0.6 is 0 Å². The van der Waals surface area contributed by atoms with Crippen LogP contribution in [0.25, 0.3) is 0 Å². The van der Waals surface area contributed by atoms with Gasteiger partial charge in [-0.2, -0.15) is 0 Å². The molecule has 0 radical (unpaired) electrons. The largest absolute Gasteiger partial charge is 0.477 e. The predicted molar refractivity (Wildman–Crippen MR) is 332 cm³/mol. The lowest BCUT2D eigenvalue weighted by Crippen LogP contribution is -2.40. The summed E-state index contributed by atoms with van der Waals surface area (Å²) < 4.78 is 23.0. The van der Waals surface area contributed by atoms with Crippen molar-refractivity contribution in [1.29, 1.82) is 0 Å². The number of carbonyl (C=O) groups is 3. The fraction of sp³-hybridized carbons (Fsp3) is 0.928. The van der Waals surface area contributed by atoms with E-state index in [4.69, 9.17) is 18.9 Å². The van der Waals surface area contributed by atoms with Crippen molar-refractivity contribution >= 4 is 17.9 Å². The van der Waals surface area contributed by atoms with Crippen LogP contribution in [0, 0.1) is 0 Å². The van der Waals surface area contributed by atoms with E-state index < -0.39 is 18.4 Å². The summed E-state index contributed by atoms with van der Waals surface area (Å²) in [5, 5.41) is 9.73. The van der Waals surface area contributed by atoms with Gasteiger partial charge < -0.3 is 28.5 Å². The van der Waals surface area contributed by atoms with Gasteiger partial charge in [0.2, 0.25) is 0 Å². The predicted octanol–water partition coefficient (Wildman–Crippen LogP) is 20.9. The maximum absolute atomic E-state index is 12.9. The second-order valence-corrected chi connectivity index (χ2v) is 24.8. The van der Waals surface area contributed by atoms with Crippen molar-refractivity contribution in [3.05, 3.63) is 12.2 Å². The highest BCUT2D eigenvalue weighted by Gasteiger charge is 2.25. The molecule has 0 aromatic rings. The molecule has 0 bridgehead atoms. The van der Waals surface area contributed by atoms with Gasteiger partial charge in [0.25, 0.3) is 6.29 Å². The van der Waals surface area contributed by atoms with Crippen LogP contribution in [0.1, 0.15) is 354 Å². The van der Waals surface area contributed by atoms with E-state index in [-0.39, 0.29) is 38.2 Å². The van der Waals surface area contributed by atoms with E-state index >= 15 is 0 Å². The number of carboxylic acids is 1. The quantitative estimate of drug-likeness (QED) is 0.0211. The third-order valence-electron chi connectivity index (χ3n) is 15.8. The minimum Gasteiger partial charge on any atom is -0.477 e. The van der Waals surface area contributed by atoms with Gasteiger partial charge in [0.05, 0.1) is 34.4 Å². The Morgan fingerprint density at radius 1 is 0.372 bits per heavy atom. The van der Waals surface area contributed by atoms with Crippen molar-refractivity contribution in [3.63, 3.8) is 0 Å². The second kappa shape index (κ2) is 61.1. The molecular formula is C69H134NO8+. The van der Waals surface area contributed by atoms with Crippen LogP contribution in [-0.2, 0) is 33.3 Å². The Bertz CT molecular complexity index is 1280. The van der Waals surface area contributed by atoms with Gasteiger partial charge in [-0.15, -0.1) is 0 Å². The van der Waals surface area contributed by atoms with Crippen LogP contribution in [0.3, 0.4) is 0 Å².